The summed E-state index contributed by atoms with van der Waals surface area (Å²) in [5.41, 5.74) is 0. The summed E-state index contributed by atoms with van der Waals surface area (Å²) >= 11 is 1.32. The van der Waals surface area contributed by atoms with Gasteiger partial charge in [0.25, 0.3) is 10.0 Å². The van der Waals surface area contributed by atoms with E-state index in [1.807, 2.05) is 13.0 Å². The second-order valence-corrected chi connectivity index (χ2v) is 8.36. The van der Waals surface area contributed by atoms with Crippen molar-refractivity contribution >= 4 is 27.3 Å². The maximum Gasteiger partial charge on any atom is 0.303 e. The first-order valence-corrected chi connectivity index (χ1v) is 8.99. The van der Waals surface area contributed by atoms with E-state index in [0.717, 1.165) is 17.7 Å². The summed E-state index contributed by atoms with van der Waals surface area (Å²) in [6.45, 7) is 2.93. The minimum Gasteiger partial charge on any atom is -0.481 e. The topological polar surface area (TPSA) is 74.7 Å². The SMILES string of the molecule is CCc1ccc(S(=O)(=O)N2CCC(CCC(=O)O)C2)s1. The molecular formula is C13H19NO4S2. The fourth-order valence-corrected chi connectivity index (χ4v) is 5.37. The lowest BCUT2D eigenvalue weighted by Crippen LogP contribution is -2.28. The molecule has 1 fully saturated rings. The second-order valence-electron chi connectivity index (χ2n) is 5.02. The molecule has 20 heavy (non-hydrogen) atoms. The van der Waals surface area contributed by atoms with Gasteiger partial charge in [-0.1, -0.05) is 6.92 Å². The van der Waals surface area contributed by atoms with E-state index in [1.165, 1.54) is 15.6 Å². The normalized spacial score (nSPS) is 20.4. The molecule has 0 spiro atoms. The number of carbonyl (C=O) groups is 1. The Morgan fingerprint density at radius 3 is 2.85 bits per heavy atom. The van der Waals surface area contributed by atoms with Crippen LogP contribution in [0.5, 0.6) is 0 Å². The highest BCUT2D eigenvalue weighted by Gasteiger charge is 2.33. The molecule has 5 nitrogen and oxygen atoms in total. The molecular weight excluding hydrogens is 298 g/mol. The van der Waals surface area contributed by atoms with Crippen molar-refractivity contribution in [2.24, 2.45) is 5.92 Å². The largest absolute Gasteiger partial charge is 0.481 e. The van der Waals surface area contributed by atoms with Crippen molar-refractivity contribution in [3.05, 3.63) is 17.0 Å². The molecule has 1 unspecified atom stereocenters. The standard InChI is InChI=1S/C13H19NO4S2/c1-2-11-4-6-13(19-11)20(17,18)14-8-7-10(9-14)3-5-12(15)16/h4,6,10H,2-3,5,7-9H2,1H3,(H,15,16). The molecule has 1 atom stereocenters. The summed E-state index contributed by atoms with van der Waals surface area (Å²) in [5.74, 6) is -0.663. The molecule has 1 aliphatic heterocycles. The van der Waals surface area contributed by atoms with Gasteiger partial charge in [-0.2, -0.15) is 4.31 Å². The summed E-state index contributed by atoms with van der Waals surface area (Å²) in [4.78, 5) is 11.6. The monoisotopic (exact) mass is 317 g/mol. The predicted molar refractivity (Wildman–Crippen MR) is 77.4 cm³/mol. The van der Waals surface area contributed by atoms with Crippen molar-refractivity contribution in [3.8, 4) is 0 Å². The van der Waals surface area contributed by atoms with Crippen LogP contribution in [0.25, 0.3) is 0 Å². The zero-order chi connectivity index (χ0) is 14.8. The van der Waals surface area contributed by atoms with Gasteiger partial charge in [0, 0.05) is 24.4 Å². The minimum absolute atomic E-state index is 0.109. The summed E-state index contributed by atoms with van der Waals surface area (Å²) in [6.07, 6.45) is 2.24. The third-order valence-electron chi connectivity index (χ3n) is 3.59. The number of carboxylic acids is 1. The summed E-state index contributed by atoms with van der Waals surface area (Å²) < 4.78 is 26.8. The van der Waals surface area contributed by atoms with Gasteiger partial charge in [-0.15, -0.1) is 11.3 Å². The smallest absolute Gasteiger partial charge is 0.303 e. The third-order valence-corrected chi connectivity index (χ3v) is 7.16. The number of aryl methyl sites for hydroxylation is 1. The Kier molecular flexibility index (Phi) is 4.82. The maximum absolute atomic E-state index is 12.5. The van der Waals surface area contributed by atoms with Crippen LogP contribution in [0.4, 0.5) is 0 Å². The molecule has 0 aromatic carbocycles. The molecule has 0 radical (unpaired) electrons. The van der Waals surface area contributed by atoms with Crippen LogP contribution in [0.2, 0.25) is 0 Å². The molecule has 1 aliphatic rings. The zero-order valence-corrected chi connectivity index (χ0v) is 13.0. The number of hydrogen-bond donors (Lipinski definition) is 1. The zero-order valence-electron chi connectivity index (χ0n) is 11.4. The lowest BCUT2D eigenvalue weighted by atomic mass is 10.0. The molecule has 7 heteroatoms. The fraction of sp³-hybridized carbons (Fsp3) is 0.615. The fourth-order valence-electron chi connectivity index (χ4n) is 2.39. The van der Waals surface area contributed by atoms with Gasteiger partial charge >= 0.3 is 5.97 Å². The van der Waals surface area contributed by atoms with Crippen LogP contribution >= 0.6 is 11.3 Å². The van der Waals surface area contributed by atoms with Gasteiger partial charge in [0.05, 0.1) is 0 Å². The Balaban J connectivity index is 2.02. The number of thiophene rings is 1. The number of sulfonamides is 1. The molecule has 0 saturated carbocycles. The molecule has 112 valence electrons. The second kappa shape index (κ2) is 6.24. The average molecular weight is 317 g/mol. The van der Waals surface area contributed by atoms with Gasteiger partial charge in [-0.05, 0) is 37.3 Å². The first-order valence-electron chi connectivity index (χ1n) is 6.74. The highest BCUT2D eigenvalue weighted by atomic mass is 32.2. The van der Waals surface area contributed by atoms with Crippen LogP contribution in [-0.2, 0) is 21.2 Å². The van der Waals surface area contributed by atoms with Gasteiger partial charge in [0.15, 0.2) is 0 Å². The number of carboxylic acid groups (broad SMARTS) is 1. The highest BCUT2D eigenvalue weighted by Crippen LogP contribution is 2.30. The van der Waals surface area contributed by atoms with Crippen molar-refractivity contribution in [2.45, 2.75) is 36.8 Å². The molecule has 2 rings (SSSR count). The lowest BCUT2D eigenvalue weighted by Gasteiger charge is -2.15. The number of nitrogens with zero attached hydrogens (tertiary/aromatic N) is 1. The van der Waals surface area contributed by atoms with E-state index < -0.39 is 16.0 Å². The Bertz CT molecular complexity index is 579. The van der Waals surface area contributed by atoms with Crippen LogP contribution < -0.4 is 0 Å². The Hall–Kier alpha value is -0.920. The van der Waals surface area contributed by atoms with Crippen molar-refractivity contribution in [1.82, 2.24) is 4.31 Å². The van der Waals surface area contributed by atoms with Gasteiger partial charge in [-0.25, -0.2) is 8.42 Å². The first kappa shape index (κ1) is 15.5. The van der Waals surface area contributed by atoms with Crippen LogP contribution in [0.3, 0.4) is 0 Å². The van der Waals surface area contributed by atoms with Gasteiger partial charge < -0.3 is 5.11 Å². The quantitative estimate of drug-likeness (QED) is 0.872. The Morgan fingerprint density at radius 2 is 2.25 bits per heavy atom. The predicted octanol–water partition coefficient (Wildman–Crippen LogP) is 2.19. The van der Waals surface area contributed by atoms with E-state index in [1.54, 1.807) is 6.07 Å². The molecule has 1 N–H and O–H groups in total. The van der Waals surface area contributed by atoms with Crippen molar-refractivity contribution in [1.29, 1.82) is 0 Å². The average Bonchev–Trinajstić information content (AvgIpc) is 3.05. The molecule has 1 saturated heterocycles. The number of rotatable bonds is 6. The van der Waals surface area contributed by atoms with Crippen molar-refractivity contribution in [2.75, 3.05) is 13.1 Å². The molecule has 1 aromatic heterocycles. The van der Waals surface area contributed by atoms with E-state index >= 15 is 0 Å². The molecule has 2 heterocycles. The summed E-state index contributed by atoms with van der Waals surface area (Å²) in [7, 11) is -3.40. The molecule has 0 bridgehead atoms. The third kappa shape index (κ3) is 3.39. The van der Waals surface area contributed by atoms with Gasteiger partial charge in [0.1, 0.15) is 4.21 Å². The molecule has 0 aliphatic carbocycles. The van der Waals surface area contributed by atoms with E-state index in [0.29, 0.717) is 23.7 Å². The molecule has 0 amide bonds. The Labute approximate surface area is 123 Å². The van der Waals surface area contributed by atoms with E-state index in [9.17, 15) is 13.2 Å². The van der Waals surface area contributed by atoms with Crippen LogP contribution in [-0.4, -0.2) is 36.9 Å². The van der Waals surface area contributed by atoms with Gasteiger partial charge in [0.2, 0.25) is 0 Å². The van der Waals surface area contributed by atoms with Gasteiger partial charge in [-0.3, -0.25) is 4.79 Å². The van der Waals surface area contributed by atoms with Crippen LogP contribution in [0.1, 0.15) is 31.1 Å². The number of hydrogen-bond acceptors (Lipinski definition) is 4. The Morgan fingerprint density at radius 1 is 1.50 bits per heavy atom. The van der Waals surface area contributed by atoms with Crippen molar-refractivity contribution < 1.29 is 18.3 Å². The van der Waals surface area contributed by atoms with Crippen LogP contribution in [0, 0.1) is 5.92 Å². The van der Waals surface area contributed by atoms with E-state index in [4.69, 9.17) is 5.11 Å². The molecule has 1 aromatic rings. The van der Waals surface area contributed by atoms with Crippen LogP contribution in [0.15, 0.2) is 16.3 Å². The highest BCUT2D eigenvalue weighted by molar-refractivity contribution is 7.91. The lowest BCUT2D eigenvalue weighted by molar-refractivity contribution is -0.137. The van der Waals surface area contributed by atoms with Crippen molar-refractivity contribution in [3.63, 3.8) is 0 Å². The summed E-state index contributed by atoms with van der Waals surface area (Å²) in [6, 6.07) is 3.53. The maximum atomic E-state index is 12.5. The van der Waals surface area contributed by atoms with E-state index in [-0.39, 0.29) is 12.3 Å². The minimum atomic E-state index is -3.40. The first-order chi connectivity index (χ1) is 9.43. The summed E-state index contributed by atoms with van der Waals surface area (Å²) in [5, 5.41) is 8.68. The van der Waals surface area contributed by atoms with E-state index in [2.05, 4.69) is 0 Å². The number of aliphatic carboxylic acids is 1.